The molecule has 0 atom stereocenters. The molecule has 0 aromatic carbocycles. The van der Waals surface area contributed by atoms with Crippen LogP contribution in [-0.2, 0) is 11.3 Å². The van der Waals surface area contributed by atoms with Crippen LogP contribution < -0.4 is 0 Å². The number of hydrogen-bond donors (Lipinski definition) is 1. The molecule has 1 N–H and O–H groups in total. The van der Waals surface area contributed by atoms with Crippen LogP contribution in [-0.4, -0.2) is 11.1 Å². The first-order valence-corrected chi connectivity index (χ1v) is 12.7. The van der Waals surface area contributed by atoms with E-state index in [2.05, 4.69) is 0 Å². The summed E-state index contributed by atoms with van der Waals surface area (Å²) in [5.74, 6) is -0.833. The summed E-state index contributed by atoms with van der Waals surface area (Å²) in [5.41, 5.74) is 0. The van der Waals surface area contributed by atoms with Gasteiger partial charge in [0.25, 0.3) is 5.97 Å². The second-order valence-electron chi connectivity index (χ2n) is 10.1. The van der Waals surface area contributed by atoms with Crippen LogP contribution in [0.5, 0.6) is 0 Å². The molecule has 0 aliphatic carbocycles. The van der Waals surface area contributed by atoms with Crippen molar-refractivity contribution in [3.8, 4) is 0 Å². The molecule has 1 spiro atoms. The molecule has 82 valence electrons. The fraction of sp³-hybridized carbons (Fsp3) is 0.917. The summed E-state index contributed by atoms with van der Waals surface area (Å²) in [4.78, 5) is 24.9. The first-order chi connectivity index (χ1) is 6.89. The predicted octanol–water partition coefficient (Wildman–Crippen LogP) is 3.47. The van der Waals surface area contributed by atoms with E-state index in [1.54, 1.807) is 48.2 Å². The molecule has 0 amide bonds. The monoisotopic (exact) mass is 246 g/mol. The number of rotatable bonds is 0. The number of carboxylic acid groups (broad SMARTS) is 1. The molecule has 2 nitrogen and oxygen atoms in total. The third-order valence-corrected chi connectivity index (χ3v) is 56.5. The van der Waals surface area contributed by atoms with E-state index in [4.69, 9.17) is 9.90 Å². The summed E-state index contributed by atoms with van der Waals surface area (Å²) in [6.07, 6.45) is 0. The third kappa shape index (κ3) is 0.0503. The Kier molecular flexibility index (Phi) is 0.144. The van der Waals surface area contributed by atoms with Crippen molar-refractivity contribution in [2.75, 3.05) is 0 Å². The second kappa shape index (κ2) is 0.388. The van der Waals surface area contributed by atoms with Gasteiger partial charge < -0.3 is 5.11 Å². The number of carbonyl (C=O) groups is 1. The Morgan fingerprint density at radius 2 is 0.933 bits per heavy atom. The van der Waals surface area contributed by atoms with Crippen LogP contribution in [0.1, 0.15) is 6.92 Å². The first kappa shape index (κ1) is 5.55. The van der Waals surface area contributed by atoms with E-state index in [9.17, 15) is 0 Å². The molecule has 0 unspecified atom stereocenters. The Bertz CT molecular complexity index is 666. The molecule has 0 radical (unpaired) electrons. The van der Waals surface area contributed by atoms with Gasteiger partial charge in [0.1, 0.15) is 0 Å². The minimum atomic E-state index is -2.28. The van der Waals surface area contributed by atoms with E-state index in [0.29, 0.717) is 0 Å². The van der Waals surface area contributed by atoms with Crippen molar-refractivity contribution in [3.63, 3.8) is 0 Å². The van der Waals surface area contributed by atoms with Gasteiger partial charge in [-0.15, -0.1) is 0 Å². The Balaban J connectivity index is 0.000000121. The van der Waals surface area contributed by atoms with Gasteiger partial charge in [0.2, 0.25) is 0 Å². The molecule has 10 aliphatic heterocycles. The molecule has 0 saturated carbocycles. The van der Waals surface area contributed by atoms with Crippen molar-refractivity contribution in [1.82, 2.24) is 0 Å². The maximum atomic E-state index is 9.00. The number of fused-ring (bicyclic) bond motifs is 10. The molecule has 10 aliphatic rings. The summed E-state index contributed by atoms with van der Waals surface area (Å²) in [6, 6.07) is 0. The van der Waals surface area contributed by atoms with Crippen LogP contribution in [0.25, 0.3) is 0 Å². The third-order valence-electron chi connectivity index (χ3n) is 14.5. The molecule has 10 saturated heterocycles. The summed E-state index contributed by atoms with van der Waals surface area (Å²) in [6.45, 7) is -1.20. The van der Waals surface area contributed by atoms with Gasteiger partial charge in [-0.2, -0.15) is 0 Å². The van der Waals surface area contributed by atoms with Crippen molar-refractivity contribution in [2.24, 2.45) is 0 Å². The predicted molar refractivity (Wildman–Crippen MR) is 50.8 cm³/mol. The average Bonchev–Trinajstić information content (AvgIpc) is 3.13. The summed E-state index contributed by atoms with van der Waals surface area (Å²) >= 11 is 0. The van der Waals surface area contributed by atoms with Crippen LogP contribution >= 0.6 is 0 Å². The van der Waals surface area contributed by atoms with Crippen LogP contribution in [0, 0.1) is 0 Å². The molecule has 0 aromatic rings. The van der Waals surface area contributed by atoms with Gasteiger partial charge in [0, 0.05) is 6.92 Å². The first-order valence-electron chi connectivity index (χ1n) is 6.30. The normalized spacial score (nSPS) is 127. The van der Waals surface area contributed by atoms with Gasteiger partial charge in [-0.05, 0) is 0 Å². The zero-order chi connectivity index (χ0) is 9.67. The van der Waals surface area contributed by atoms with E-state index >= 15 is 0 Å². The topological polar surface area (TPSA) is 37.3 Å². The second-order valence-corrected chi connectivity index (χ2v) is 34.0. The van der Waals surface area contributed by atoms with Crippen molar-refractivity contribution in [1.29, 1.82) is 0 Å². The van der Waals surface area contributed by atoms with Gasteiger partial charge >= 0.3 is 54.7 Å². The van der Waals surface area contributed by atoms with Gasteiger partial charge in [0.05, 0.1) is 0 Å². The zero-order valence-electron chi connectivity index (χ0n) is 8.48. The Hall–Kier alpha value is -0.0105. The Labute approximate surface area is 77.7 Å². The molecule has 3 heteroatoms. The summed E-state index contributed by atoms with van der Waals surface area (Å²) < 4.78 is 0. The molecular weight excluding hydrogens is 232 g/mol. The van der Waals surface area contributed by atoms with Crippen molar-refractivity contribution in [2.45, 2.75) is 55.1 Å². The summed E-state index contributed by atoms with van der Waals surface area (Å²) in [7, 11) is 0. The van der Waals surface area contributed by atoms with Crippen molar-refractivity contribution >= 4 is 5.97 Å². The van der Waals surface area contributed by atoms with Gasteiger partial charge in [-0.3, -0.25) is 4.79 Å². The number of carboxylic acids is 1. The van der Waals surface area contributed by atoms with Gasteiger partial charge in [-0.1, -0.05) is 0 Å². The van der Waals surface area contributed by atoms with Crippen LogP contribution in [0.3, 0.4) is 0 Å². The van der Waals surface area contributed by atoms with Crippen molar-refractivity contribution < 1.29 is 16.4 Å². The van der Waals surface area contributed by atoms with Crippen LogP contribution in [0.2, 0.25) is 48.2 Å². The Morgan fingerprint density at radius 3 is 0.933 bits per heavy atom. The molecule has 0 aromatic heterocycles. The van der Waals surface area contributed by atoms with Gasteiger partial charge in [-0.25, -0.2) is 0 Å². The molecular formula is C12H14FeO2. The summed E-state index contributed by atoms with van der Waals surface area (Å²) in [5, 5.41) is 7.42. The van der Waals surface area contributed by atoms with Crippen LogP contribution in [0.4, 0.5) is 0 Å². The fourth-order valence-corrected chi connectivity index (χ4v) is 88.0. The van der Waals surface area contributed by atoms with E-state index in [0.717, 1.165) is 6.92 Å². The minimum absolute atomic E-state index is 0.833. The SMILES string of the molecule is CC(=O)O.[CH]12[CH]3[CH]4[CH]5[CH]1[Fe]23451678[CH]2[CH]1[CH]6[CH]7[CH]28. The molecule has 0 bridgehead atoms. The molecule has 10 heterocycles. The van der Waals surface area contributed by atoms with E-state index in [1.165, 1.54) is 0 Å². The standard InChI is InChI=1S/2C5H5.C2H4O2.Fe/c2*1-2-4-5-3-1;1-2(3)4;/h2*1-5H;1H3,(H,3,4);. The van der Waals surface area contributed by atoms with E-state index in [1.807, 2.05) is 0 Å². The maximum absolute atomic E-state index is 9.00. The van der Waals surface area contributed by atoms with E-state index in [-0.39, 0.29) is 0 Å². The van der Waals surface area contributed by atoms with Crippen LogP contribution in [0.15, 0.2) is 0 Å². The fourth-order valence-electron chi connectivity index (χ4n) is 15.8. The molecule has 15 heavy (non-hydrogen) atoms. The number of aliphatic carboxylic acids is 1. The van der Waals surface area contributed by atoms with E-state index < -0.39 is 12.5 Å². The van der Waals surface area contributed by atoms with Gasteiger partial charge in [0.15, 0.2) is 0 Å². The molecule has 10 rings (SSSR count). The molecule has 10 fully saturated rings. The number of hydrogen-bond acceptors (Lipinski definition) is 1. The quantitative estimate of drug-likeness (QED) is 0.664. The van der Waals surface area contributed by atoms with Crippen molar-refractivity contribution in [3.05, 3.63) is 0 Å². The zero-order valence-corrected chi connectivity index (χ0v) is 9.59. The average molecular weight is 246 g/mol. The Morgan fingerprint density at radius 1 is 0.800 bits per heavy atom.